The molecule has 1 aromatic carbocycles. The quantitative estimate of drug-likeness (QED) is 0.497. The van der Waals surface area contributed by atoms with E-state index in [-0.39, 0.29) is 5.97 Å². The van der Waals surface area contributed by atoms with Gasteiger partial charge >= 0.3 is 5.97 Å². The molecule has 0 radical (unpaired) electrons. The van der Waals surface area contributed by atoms with Gasteiger partial charge in [0.05, 0.1) is 7.11 Å². The molecule has 0 aromatic heterocycles. The Labute approximate surface area is 127 Å². The maximum absolute atomic E-state index is 10.5. The van der Waals surface area contributed by atoms with Gasteiger partial charge in [-0.25, -0.2) is 0 Å². The van der Waals surface area contributed by atoms with Crippen molar-refractivity contribution in [3.05, 3.63) is 29.8 Å². The number of carbonyl (C=O) groups is 2. The first-order valence-corrected chi connectivity index (χ1v) is 6.98. The Kier molecular flexibility index (Phi) is 16.5. The molecule has 0 bridgehead atoms. The Morgan fingerprint density at radius 2 is 1.81 bits per heavy atom. The molecule has 0 heterocycles. The first-order chi connectivity index (χ1) is 10.1. The minimum atomic E-state index is -0.268. The molecule has 120 valence electrons. The summed E-state index contributed by atoms with van der Waals surface area (Å²) >= 11 is 0. The molecule has 0 saturated carbocycles. The summed E-state index contributed by atoms with van der Waals surface area (Å²) < 4.78 is 9.81. The third-order valence-electron chi connectivity index (χ3n) is 2.11. The van der Waals surface area contributed by atoms with Crippen molar-refractivity contribution in [1.29, 1.82) is 0 Å². The summed E-state index contributed by atoms with van der Waals surface area (Å²) in [5.41, 5.74) is 0.955. The molecule has 0 aliphatic carbocycles. The van der Waals surface area contributed by atoms with Crippen LogP contribution in [-0.4, -0.2) is 33.0 Å². The van der Waals surface area contributed by atoms with Crippen molar-refractivity contribution in [2.75, 3.05) is 20.7 Å². The summed E-state index contributed by atoms with van der Waals surface area (Å²) in [4.78, 5) is 20.0. The van der Waals surface area contributed by atoms with Crippen LogP contribution >= 0.6 is 0 Å². The second kappa shape index (κ2) is 16.2. The molecule has 5 heteroatoms. The lowest BCUT2D eigenvalue weighted by Gasteiger charge is -2.03. The van der Waals surface area contributed by atoms with Crippen LogP contribution in [0.15, 0.2) is 24.3 Å². The van der Waals surface area contributed by atoms with E-state index in [1.54, 1.807) is 7.11 Å². The summed E-state index contributed by atoms with van der Waals surface area (Å²) in [5, 5.41) is 2.84. The van der Waals surface area contributed by atoms with E-state index < -0.39 is 0 Å². The van der Waals surface area contributed by atoms with Crippen LogP contribution in [0.25, 0.3) is 0 Å². The van der Waals surface area contributed by atoms with Crippen molar-refractivity contribution in [3.8, 4) is 5.75 Å². The molecule has 0 amide bonds. The fourth-order valence-corrected chi connectivity index (χ4v) is 1.11. The van der Waals surface area contributed by atoms with Gasteiger partial charge in [-0.15, -0.1) is 0 Å². The second-order valence-corrected chi connectivity index (χ2v) is 3.69. The zero-order valence-electron chi connectivity index (χ0n) is 13.6. The molecule has 0 aliphatic rings. The van der Waals surface area contributed by atoms with Crippen LogP contribution in [0.4, 0.5) is 0 Å². The van der Waals surface area contributed by atoms with Crippen LogP contribution in [-0.2, 0) is 20.9 Å². The van der Waals surface area contributed by atoms with Gasteiger partial charge in [0.1, 0.15) is 18.6 Å². The Bertz CT molecular complexity index is 363. The Morgan fingerprint density at radius 1 is 1.24 bits per heavy atom. The smallest absolute Gasteiger partial charge is 0.302 e. The lowest BCUT2D eigenvalue weighted by molar-refractivity contribution is -0.142. The van der Waals surface area contributed by atoms with Gasteiger partial charge in [0.2, 0.25) is 0 Å². The van der Waals surface area contributed by atoms with Gasteiger partial charge in [0, 0.05) is 19.9 Å². The number of nitrogens with one attached hydrogen (secondary N) is 1. The minimum Gasteiger partial charge on any atom is -0.497 e. The van der Waals surface area contributed by atoms with Crippen LogP contribution in [0.2, 0.25) is 0 Å². The van der Waals surface area contributed by atoms with E-state index in [0.29, 0.717) is 13.0 Å². The zero-order valence-corrected chi connectivity index (χ0v) is 13.6. The van der Waals surface area contributed by atoms with Crippen molar-refractivity contribution in [2.24, 2.45) is 0 Å². The molecular formula is C16H27NO4. The lowest BCUT2D eigenvalue weighted by Crippen LogP contribution is -2.07. The van der Waals surface area contributed by atoms with E-state index in [4.69, 9.17) is 9.47 Å². The van der Waals surface area contributed by atoms with Crippen molar-refractivity contribution >= 4 is 12.3 Å². The highest BCUT2D eigenvalue weighted by atomic mass is 16.5. The predicted molar refractivity (Wildman–Crippen MR) is 84.4 cm³/mol. The molecule has 21 heavy (non-hydrogen) atoms. The van der Waals surface area contributed by atoms with Crippen LogP contribution in [0, 0.1) is 0 Å². The van der Waals surface area contributed by atoms with E-state index >= 15 is 0 Å². The summed E-state index contributed by atoms with van der Waals surface area (Å²) in [6, 6.07) is 7.39. The first-order valence-electron chi connectivity index (χ1n) is 6.98. The SMILES string of the molecule is CC.CNCCC=O.COc1ccc(COC(C)=O)cc1. The number of ether oxygens (including phenoxy) is 2. The third kappa shape index (κ3) is 14.3. The van der Waals surface area contributed by atoms with Crippen LogP contribution in [0.5, 0.6) is 5.75 Å². The minimum absolute atomic E-state index is 0.268. The summed E-state index contributed by atoms with van der Waals surface area (Å²) in [5.74, 6) is 0.530. The Balaban J connectivity index is 0. The van der Waals surface area contributed by atoms with Gasteiger partial charge in [0.25, 0.3) is 0 Å². The zero-order chi connectivity index (χ0) is 16.5. The average molecular weight is 297 g/mol. The fourth-order valence-electron chi connectivity index (χ4n) is 1.11. The van der Waals surface area contributed by atoms with Crippen molar-refractivity contribution < 1.29 is 19.1 Å². The second-order valence-electron chi connectivity index (χ2n) is 3.69. The summed E-state index contributed by atoms with van der Waals surface area (Å²) in [7, 11) is 3.44. The van der Waals surface area contributed by atoms with Gasteiger partial charge in [-0.05, 0) is 24.7 Å². The molecule has 1 N–H and O–H groups in total. The lowest BCUT2D eigenvalue weighted by atomic mass is 10.2. The summed E-state index contributed by atoms with van der Waals surface area (Å²) in [6.07, 6.45) is 1.52. The topological polar surface area (TPSA) is 64.6 Å². The molecule has 1 aromatic rings. The van der Waals surface area contributed by atoms with Gasteiger partial charge < -0.3 is 19.6 Å². The molecule has 0 atom stereocenters. The number of esters is 1. The molecule has 0 spiro atoms. The predicted octanol–water partition coefficient (Wildman–Crippen LogP) is 2.58. The maximum atomic E-state index is 10.5. The van der Waals surface area contributed by atoms with E-state index in [2.05, 4.69) is 5.32 Å². The largest absolute Gasteiger partial charge is 0.497 e. The molecule has 1 rings (SSSR count). The number of aldehydes is 1. The standard InChI is InChI=1S/C10H12O3.C4H9NO.C2H6/c1-8(11)13-7-9-3-5-10(12-2)6-4-9;1-5-3-2-4-6;1-2/h3-6H,7H2,1-2H3;4-5H,2-3H2,1H3;1-2H3. The number of rotatable bonds is 6. The highest BCUT2D eigenvalue weighted by Gasteiger charge is 1.96. The van der Waals surface area contributed by atoms with Crippen molar-refractivity contribution in [3.63, 3.8) is 0 Å². The third-order valence-corrected chi connectivity index (χ3v) is 2.11. The fraction of sp³-hybridized carbons (Fsp3) is 0.500. The number of hydrogen-bond donors (Lipinski definition) is 1. The van der Waals surface area contributed by atoms with E-state index in [1.165, 1.54) is 6.92 Å². The monoisotopic (exact) mass is 297 g/mol. The van der Waals surface area contributed by atoms with Gasteiger partial charge in [-0.2, -0.15) is 0 Å². The van der Waals surface area contributed by atoms with Gasteiger partial charge in [-0.3, -0.25) is 4.79 Å². The van der Waals surface area contributed by atoms with Crippen molar-refractivity contribution in [1.82, 2.24) is 5.32 Å². The van der Waals surface area contributed by atoms with Crippen molar-refractivity contribution in [2.45, 2.75) is 33.8 Å². The number of benzene rings is 1. The molecule has 5 nitrogen and oxygen atoms in total. The number of methoxy groups -OCH3 is 1. The van der Waals surface area contributed by atoms with E-state index in [1.807, 2.05) is 45.2 Å². The van der Waals surface area contributed by atoms with Crippen LogP contribution < -0.4 is 10.1 Å². The number of carbonyl (C=O) groups excluding carboxylic acids is 2. The van der Waals surface area contributed by atoms with Gasteiger partial charge in [0.15, 0.2) is 0 Å². The Hall–Kier alpha value is -1.88. The number of hydrogen-bond acceptors (Lipinski definition) is 5. The summed E-state index contributed by atoms with van der Waals surface area (Å²) in [6.45, 7) is 6.51. The molecule has 0 unspecified atom stereocenters. The van der Waals surface area contributed by atoms with Crippen LogP contribution in [0.3, 0.4) is 0 Å². The average Bonchev–Trinajstić information content (AvgIpc) is 2.54. The normalized spacial score (nSPS) is 8.43. The first kappa shape index (κ1) is 21.4. The maximum Gasteiger partial charge on any atom is 0.302 e. The molecule has 0 fully saturated rings. The van der Waals surface area contributed by atoms with Gasteiger partial charge in [-0.1, -0.05) is 26.0 Å². The Morgan fingerprint density at radius 3 is 2.14 bits per heavy atom. The van der Waals surface area contributed by atoms with Crippen LogP contribution in [0.1, 0.15) is 32.8 Å². The molecule has 0 aliphatic heterocycles. The van der Waals surface area contributed by atoms with E-state index in [0.717, 1.165) is 24.1 Å². The molecule has 0 saturated heterocycles. The van der Waals surface area contributed by atoms with E-state index in [9.17, 15) is 9.59 Å². The highest BCUT2D eigenvalue weighted by Crippen LogP contribution is 2.11. The molecular weight excluding hydrogens is 270 g/mol. The highest BCUT2D eigenvalue weighted by molar-refractivity contribution is 5.65.